The third-order valence-electron chi connectivity index (χ3n) is 3.39. The Morgan fingerprint density at radius 2 is 1.87 bits per heavy atom. The van der Waals surface area contributed by atoms with Crippen molar-refractivity contribution >= 4 is 46.4 Å². The number of halogens is 2. The van der Waals surface area contributed by atoms with E-state index in [2.05, 4.69) is 5.32 Å². The first-order valence-corrected chi connectivity index (χ1v) is 7.70. The van der Waals surface area contributed by atoms with E-state index in [1.165, 1.54) is 0 Å². The van der Waals surface area contributed by atoms with Gasteiger partial charge >= 0.3 is 0 Å². The molecule has 1 heterocycles. The Labute approximate surface area is 143 Å². The second-order valence-corrected chi connectivity index (χ2v) is 5.83. The molecule has 0 unspecified atom stereocenters. The molecule has 0 atom stereocenters. The molecule has 2 aromatic rings. The second-order valence-electron chi connectivity index (χ2n) is 4.96. The average Bonchev–Trinajstić information content (AvgIpc) is 2.81. The summed E-state index contributed by atoms with van der Waals surface area (Å²) in [5.74, 6) is 0.335. The van der Waals surface area contributed by atoms with Gasteiger partial charge in [0.05, 0.1) is 12.3 Å². The summed E-state index contributed by atoms with van der Waals surface area (Å²) in [4.78, 5) is 12.2. The van der Waals surface area contributed by atoms with E-state index < -0.39 is 0 Å². The van der Waals surface area contributed by atoms with Crippen molar-refractivity contribution in [2.45, 2.75) is 0 Å². The summed E-state index contributed by atoms with van der Waals surface area (Å²) in [5.41, 5.74) is 2.62. The number of nitrogens with one attached hydrogen (secondary N) is 1. The van der Waals surface area contributed by atoms with Crippen LogP contribution >= 0.6 is 23.2 Å². The van der Waals surface area contributed by atoms with Gasteiger partial charge in [-0.1, -0.05) is 29.3 Å². The van der Waals surface area contributed by atoms with Crippen molar-refractivity contribution in [1.29, 1.82) is 0 Å². The van der Waals surface area contributed by atoms with Crippen molar-refractivity contribution in [2.24, 2.45) is 0 Å². The quantitative estimate of drug-likeness (QED) is 0.824. The van der Waals surface area contributed by atoms with Gasteiger partial charge in [-0.05, 0) is 36.4 Å². The van der Waals surface area contributed by atoms with Crippen LogP contribution in [-0.4, -0.2) is 24.2 Å². The zero-order chi connectivity index (χ0) is 16.4. The summed E-state index contributed by atoms with van der Waals surface area (Å²) in [7, 11) is 0. The van der Waals surface area contributed by atoms with Crippen molar-refractivity contribution in [3.63, 3.8) is 0 Å². The SMILES string of the molecule is O=C1Nc2cc(Cl)ccc2C1=Cc1cc(Cl)ccc1OCCO. The van der Waals surface area contributed by atoms with Gasteiger partial charge in [0.15, 0.2) is 0 Å². The van der Waals surface area contributed by atoms with E-state index in [4.69, 9.17) is 33.0 Å². The lowest BCUT2D eigenvalue weighted by Crippen LogP contribution is -2.05. The fraction of sp³-hybridized carbons (Fsp3) is 0.118. The molecule has 3 rings (SSSR count). The maximum absolute atomic E-state index is 12.2. The molecule has 0 aromatic heterocycles. The number of ether oxygens (including phenoxy) is 1. The number of aliphatic hydroxyl groups excluding tert-OH is 1. The maximum Gasteiger partial charge on any atom is 0.256 e. The van der Waals surface area contributed by atoms with Gasteiger partial charge in [0.25, 0.3) is 5.91 Å². The summed E-state index contributed by atoms with van der Waals surface area (Å²) < 4.78 is 5.49. The lowest BCUT2D eigenvalue weighted by atomic mass is 10.0. The van der Waals surface area contributed by atoms with Gasteiger partial charge < -0.3 is 15.2 Å². The fourth-order valence-corrected chi connectivity index (χ4v) is 2.74. The smallest absolute Gasteiger partial charge is 0.256 e. The summed E-state index contributed by atoms with van der Waals surface area (Å²) >= 11 is 12.0. The number of rotatable bonds is 4. The number of carbonyl (C=O) groups excluding carboxylic acids is 1. The predicted octanol–water partition coefficient (Wildman–Crippen LogP) is 3.86. The van der Waals surface area contributed by atoms with Crippen LogP contribution in [0.1, 0.15) is 11.1 Å². The monoisotopic (exact) mass is 349 g/mol. The molecule has 0 bridgehead atoms. The Kier molecular flexibility index (Phi) is 4.57. The maximum atomic E-state index is 12.2. The van der Waals surface area contributed by atoms with E-state index in [0.29, 0.717) is 32.6 Å². The highest BCUT2D eigenvalue weighted by molar-refractivity contribution is 6.37. The predicted molar refractivity (Wildman–Crippen MR) is 92.0 cm³/mol. The number of hydrogen-bond acceptors (Lipinski definition) is 3. The van der Waals surface area contributed by atoms with Crippen molar-refractivity contribution in [3.05, 3.63) is 57.6 Å². The van der Waals surface area contributed by atoms with Crippen molar-refractivity contribution < 1.29 is 14.6 Å². The van der Waals surface area contributed by atoms with Gasteiger partial charge in [-0.2, -0.15) is 0 Å². The Bertz CT molecular complexity index is 802. The van der Waals surface area contributed by atoms with Crippen LogP contribution in [0.4, 0.5) is 5.69 Å². The molecule has 0 radical (unpaired) electrons. The number of anilines is 1. The van der Waals surface area contributed by atoms with E-state index >= 15 is 0 Å². The molecule has 2 N–H and O–H groups in total. The summed E-state index contributed by atoms with van der Waals surface area (Å²) in [6.07, 6.45) is 1.72. The van der Waals surface area contributed by atoms with Crippen LogP contribution in [-0.2, 0) is 4.79 Å². The largest absolute Gasteiger partial charge is 0.491 e. The zero-order valence-corrected chi connectivity index (χ0v) is 13.5. The summed E-state index contributed by atoms with van der Waals surface area (Å²) in [6, 6.07) is 10.3. The number of carbonyl (C=O) groups is 1. The van der Waals surface area contributed by atoms with Gasteiger partial charge in [-0.3, -0.25) is 4.79 Å². The Hall–Kier alpha value is -2.01. The number of aliphatic hydroxyl groups is 1. The Morgan fingerprint density at radius 1 is 1.13 bits per heavy atom. The minimum atomic E-state index is -0.213. The van der Waals surface area contributed by atoms with Crippen LogP contribution in [0.15, 0.2) is 36.4 Å². The van der Waals surface area contributed by atoms with Gasteiger partial charge in [0.2, 0.25) is 0 Å². The van der Waals surface area contributed by atoms with Crippen LogP contribution in [0, 0.1) is 0 Å². The molecule has 2 aromatic carbocycles. The number of benzene rings is 2. The molecule has 1 aliphatic rings. The van der Waals surface area contributed by atoms with E-state index in [1.807, 2.05) is 0 Å². The van der Waals surface area contributed by atoms with E-state index in [-0.39, 0.29) is 19.1 Å². The molecule has 0 saturated carbocycles. The molecule has 1 aliphatic heterocycles. The molecule has 0 aliphatic carbocycles. The highest BCUT2D eigenvalue weighted by Gasteiger charge is 2.24. The molecule has 0 spiro atoms. The van der Waals surface area contributed by atoms with Crippen LogP contribution in [0.5, 0.6) is 5.75 Å². The Morgan fingerprint density at radius 3 is 2.65 bits per heavy atom. The first kappa shape index (κ1) is 15.9. The number of amides is 1. The molecular formula is C17H13Cl2NO3. The third kappa shape index (κ3) is 3.34. The van der Waals surface area contributed by atoms with Crippen LogP contribution in [0.3, 0.4) is 0 Å². The van der Waals surface area contributed by atoms with E-state index in [9.17, 15) is 4.79 Å². The molecule has 1 amide bonds. The third-order valence-corrected chi connectivity index (χ3v) is 3.86. The van der Waals surface area contributed by atoms with Crippen molar-refractivity contribution in [1.82, 2.24) is 0 Å². The van der Waals surface area contributed by atoms with Crippen LogP contribution in [0.25, 0.3) is 11.6 Å². The van der Waals surface area contributed by atoms with E-state index in [1.54, 1.807) is 42.5 Å². The zero-order valence-electron chi connectivity index (χ0n) is 12.0. The molecule has 0 fully saturated rings. The molecule has 23 heavy (non-hydrogen) atoms. The highest BCUT2D eigenvalue weighted by Crippen LogP contribution is 2.36. The van der Waals surface area contributed by atoms with E-state index in [0.717, 1.165) is 5.56 Å². The number of fused-ring (bicyclic) bond motifs is 1. The molecule has 6 heteroatoms. The summed E-state index contributed by atoms with van der Waals surface area (Å²) in [6.45, 7) is 0.0661. The lowest BCUT2D eigenvalue weighted by Gasteiger charge is -2.09. The summed E-state index contributed by atoms with van der Waals surface area (Å²) in [5, 5.41) is 12.8. The van der Waals surface area contributed by atoms with Crippen LogP contribution in [0.2, 0.25) is 10.0 Å². The minimum absolute atomic E-state index is 0.0968. The van der Waals surface area contributed by atoms with Crippen LogP contribution < -0.4 is 10.1 Å². The van der Waals surface area contributed by atoms with Gasteiger partial charge in [-0.25, -0.2) is 0 Å². The van der Waals surface area contributed by atoms with Gasteiger partial charge in [-0.15, -0.1) is 0 Å². The first-order chi connectivity index (χ1) is 11.1. The fourth-order valence-electron chi connectivity index (χ4n) is 2.38. The van der Waals surface area contributed by atoms with Crippen molar-refractivity contribution in [2.75, 3.05) is 18.5 Å². The second kappa shape index (κ2) is 6.62. The topological polar surface area (TPSA) is 58.6 Å². The number of hydrogen-bond donors (Lipinski definition) is 2. The normalized spacial score (nSPS) is 14.7. The standard InChI is InChI=1S/C17H13Cl2NO3/c18-11-2-4-16(23-6-5-21)10(7-11)8-14-13-3-1-12(19)9-15(13)20-17(14)22/h1-4,7-9,21H,5-6H2,(H,20,22). The lowest BCUT2D eigenvalue weighted by molar-refractivity contribution is -0.110. The molecule has 0 saturated heterocycles. The van der Waals surface area contributed by atoms with Crippen molar-refractivity contribution in [3.8, 4) is 5.75 Å². The molecular weight excluding hydrogens is 337 g/mol. The van der Waals surface area contributed by atoms with Gasteiger partial charge in [0.1, 0.15) is 12.4 Å². The highest BCUT2D eigenvalue weighted by atomic mass is 35.5. The molecule has 4 nitrogen and oxygen atoms in total. The van der Waals surface area contributed by atoms with Gasteiger partial charge in [0, 0.05) is 26.7 Å². The minimum Gasteiger partial charge on any atom is -0.491 e. The first-order valence-electron chi connectivity index (χ1n) is 6.94. The molecule has 118 valence electrons. The Balaban J connectivity index is 2.05. The average molecular weight is 350 g/mol.